The Kier molecular flexibility index (Phi) is 7.43. The van der Waals surface area contributed by atoms with Gasteiger partial charge in [0.15, 0.2) is 0 Å². The second-order valence-electron chi connectivity index (χ2n) is 6.21. The Morgan fingerprint density at radius 3 is 2.56 bits per heavy atom. The number of carboxylic acids is 1. The summed E-state index contributed by atoms with van der Waals surface area (Å²) in [5, 5.41) is 13.7. The summed E-state index contributed by atoms with van der Waals surface area (Å²) in [7, 11) is -2.21. The molecule has 0 unspecified atom stereocenters. The molecule has 2 rings (SSSR count). The molecule has 9 nitrogen and oxygen atoms in total. The quantitative estimate of drug-likeness (QED) is 0.573. The van der Waals surface area contributed by atoms with Gasteiger partial charge < -0.3 is 20.5 Å². The van der Waals surface area contributed by atoms with Crippen molar-refractivity contribution >= 4 is 27.7 Å². The molecule has 27 heavy (non-hydrogen) atoms. The lowest BCUT2D eigenvalue weighted by Crippen LogP contribution is -2.35. The molecular formula is C17H25N3O6S. The highest BCUT2D eigenvalue weighted by Crippen LogP contribution is 2.29. The molecule has 0 spiro atoms. The number of hydrogen-bond acceptors (Lipinski definition) is 5. The van der Waals surface area contributed by atoms with Gasteiger partial charge in [0, 0.05) is 26.1 Å². The number of carbonyl (C=O) groups excluding carboxylic acids is 1. The van der Waals surface area contributed by atoms with Crippen molar-refractivity contribution < 1.29 is 27.9 Å². The summed E-state index contributed by atoms with van der Waals surface area (Å²) < 4.78 is 32.2. The first-order valence-corrected chi connectivity index (χ1v) is 10.2. The van der Waals surface area contributed by atoms with Gasteiger partial charge in [-0.1, -0.05) is 6.42 Å². The molecule has 1 aromatic rings. The van der Waals surface area contributed by atoms with E-state index in [4.69, 9.17) is 9.84 Å². The van der Waals surface area contributed by atoms with Gasteiger partial charge in [-0.25, -0.2) is 13.2 Å². The number of benzene rings is 1. The topological polar surface area (TPSA) is 125 Å². The standard InChI is InChI=1S/C17H25N3O6S/c1-26-15-8-7-13(27(24,25)20-10-3-2-4-11-20)12-14(15)19-17(23)18-9-5-6-16(21)22/h7-8,12H,2-6,9-11H2,1H3,(H,21,22)(H2,18,19,23). The Labute approximate surface area is 158 Å². The molecule has 2 amide bonds. The first kappa shape index (κ1) is 21.0. The minimum atomic E-state index is -3.63. The van der Waals surface area contributed by atoms with E-state index in [1.165, 1.54) is 29.6 Å². The Morgan fingerprint density at radius 1 is 1.22 bits per heavy atom. The molecule has 150 valence electrons. The fourth-order valence-electron chi connectivity index (χ4n) is 2.81. The minimum absolute atomic E-state index is 0.0484. The van der Waals surface area contributed by atoms with E-state index in [0.29, 0.717) is 25.3 Å². The number of ether oxygens (including phenoxy) is 1. The normalized spacial score (nSPS) is 15.1. The van der Waals surface area contributed by atoms with E-state index >= 15 is 0 Å². The third-order valence-corrected chi connectivity index (χ3v) is 6.12. The predicted molar refractivity (Wildman–Crippen MR) is 99.5 cm³/mol. The number of methoxy groups -OCH3 is 1. The maximum Gasteiger partial charge on any atom is 0.319 e. The largest absolute Gasteiger partial charge is 0.495 e. The number of carbonyl (C=O) groups is 2. The number of anilines is 1. The van der Waals surface area contributed by atoms with Gasteiger partial charge in [-0.05, 0) is 37.5 Å². The maximum atomic E-state index is 12.8. The Morgan fingerprint density at radius 2 is 1.93 bits per heavy atom. The fourth-order valence-corrected chi connectivity index (χ4v) is 4.35. The van der Waals surface area contributed by atoms with Crippen LogP contribution < -0.4 is 15.4 Å². The molecule has 0 aliphatic carbocycles. The molecule has 0 bridgehead atoms. The van der Waals surface area contributed by atoms with Gasteiger partial charge in [-0.2, -0.15) is 4.31 Å². The molecule has 0 saturated carbocycles. The monoisotopic (exact) mass is 399 g/mol. The Bertz CT molecular complexity index is 775. The van der Waals surface area contributed by atoms with Gasteiger partial charge in [-0.3, -0.25) is 4.79 Å². The van der Waals surface area contributed by atoms with Crippen LogP contribution in [0.15, 0.2) is 23.1 Å². The number of hydrogen-bond donors (Lipinski definition) is 3. The number of nitrogens with zero attached hydrogens (tertiary/aromatic N) is 1. The number of aliphatic carboxylic acids is 1. The van der Waals surface area contributed by atoms with Gasteiger partial charge in [0.25, 0.3) is 0 Å². The van der Waals surface area contributed by atoms with Crippen molar-refractivity contribution in [2.75, 3.05) is 32.1 Å². The summed E-state index contributed by atoms with van der Waals surface area (Å²) >= 11 is 0. The van der Waals surface area contributed by atoms with E-state index in [2.05, 4.69) is 10.6 Å². The summed E-state index contributed by atoms with van der Waals surface area (Å²) in [5.41, 5.74) is 0.228. The van der Waals surface area contributed by atoms with E-state index in [-0.39, 0.29) is 23.5 Å². The van der Waals surface area contributed by atoms with E-state index in [1.807, 2.05) is 0 Å². The van der Waals surface area contributed by atoms with Crippen LogP contribution in [0.4, 0.5) is 10.5 Å². The number of rotatable bonds is 8. The average molecular weight is 399 g/mol. The highest BCUT2D eigenvalue weighted by molar-refractivity contribution is 7.89. The van der Waals surface area contributed by atoms with Crippen LogP contribution in [-0.4, -0.2) is 56.6 Å². The number of nitrogens with one attached hydrogen (secondary N) is 2. The Hall–Kier alpha value is -2.33. The summed E-state index contributed by atoms with van der Waals surface area (Å²) in [5.74, 6) is -0.609. The molecule has 10 heteroatoms. The van der Waals surface area contributed by atoms with Crippen molar-refractivity contribution in [2.24, 2.45) is 0 Å². The van der Waals surface area contributed by atoms with Crippen LogP contribution >= 0.6 is 0 Å². The molecule has 0 aromatic heterocycles. The van der Waals surface area contributed by atoms with Crippen molar-refractivity contribution in [2.45, 2.75) is 37.0 Å². The van der Waals surface area contributed by atoms with E-state index in [9.17, 15) is 18.0 Å². The van der Waals surface area contributed by atoms with Crippen LogP contribution in [0.5, 0.6) is 5.75 Å². The SMILES string of the molecule is COc1ccc(S(=O)(=O)N2CCCCC2)cc1NC(=O)NCCCC(=O)O. The van der Waals surface area contributed by atoms with Crippen LogP contribution in [0.25, 0.3) is 0 Å². The lowest BCUT2D eigenvalue weighted by Gasteiger charge is -2.26. The van der Waals surface area contributed by atoms with E-state index in [0.717, 1.165) is 19.3 Å². The lowest BCUT2D eigenvalue weighted by atomic mass is 10.2. The molecule has 1 fully saturated rings. The molecular weight excluding hydrogens is 374 g/mol. The van der Waals surface area contributed by atoms with Gasteiger partial charge in [0.2, 0.25) is 10.0 Å². The molecule has 1 aromatic carbocycles. The van der Waals surface area contributed by atoms with Crippen molar-refractivity contribution in [3.63, 3.8) is 0 Å². The van der Waals surface area contributed by atoms with Crippen molar-refractivity contribution in [3.05, 3.63) is 18.2 Å². The first-order chi connectivity index (χ1) is 12.8. The number of carboxylic acid groups (broad SMARTS) is 1. The number of urea groups is 1. The molecule has 3 N–H and O–H groups in total. The van der Waals surface area contributed by atoms with Gasteiger partial charge in [0.05, 0.1) is 17.7 Å². The highest BCUT2D eigenvalue weighted by Gasteiger charge is 2.26. The molecule has 0 radical (unpaired) electrons. The van der Waals surface area contributed by atoms with Crippen LogP contribution in [-0.2, 0) is 14.8 Å². The van der Waals surface area contributed by atoms with Crippen LogP contribution in [0.3, 0.4) is 0 Å². The highest BCUT2D eigenvalue weighted by atomic mass is 32.2. The molecule has 1 aliphatic rings. The lowest BCUT2D eigenvalue weighted by molar-refractivity contribution is -0.137. The zero-order chi connectivity index (χ0) is 19.9. The first-order valence-electron chi connectivity index (χ1n) is 8.79. The minimum Gasteiger partial charge on any atom is -0.495 e. The zero-order valence-electron chi connectivity index (χ0n) is 15.2. The average Bonchev–Trinajstić information content (AvgIpc) is 2.65. The van der Waals surface area contributed by atoms with E-state index < -0.39 is 22.0 Å². The second kappa shape index (κ2) is 9.56. The molecule has 1 aliphatic heterocycles. The van der Waals surface area contributed by atoms with Crippen LogP contribution in [0.1, 0.15) is 32.1 Å². The summed E-state index contributed by atoms with van der Waals surface area (Å²) in [4.78, 5) is 22.6. The maximum absolute atomic E-state index is 12.8. The zero-order valence-corrected chi connectivity index (χ0v) is 16.0. The number of piperidine rings is 1. The second-order valence-corrected chi connectivity index (χ2v) is 8.14. The fraction of sp³-hybridized carbons (Fsp3) is 0.529. The van der Waals surface area contributed by atoms with Crippen molar-refractivity contribution in [1.29, 1.82) is 0 Å². The number of sulfonamides is 1. The number of amides is 2. The van der Waals surface area contributed by atoms with Crippen LogP contribution in [0, 0.1) is 0 Å². The van der Waals surface area contributed by atoms with Crippen molar-refractivity contribution in [1.82, 2.24) is 9.62 Å². The van der Waals surface area contributed by atoms with Gasteiger partial charge >= 0.3 is 12.0 Å². The third kappa shape index (κ3) is 5.83. The van der Waals surface area contributed by atoms with Gasteiger partial charge in [-0.15, -0.1) is 0 Å². The van der Waals surface area contributed by atoms with E-state index in [1.54, 1.807) is 0 Å². The molecule has 0 atom stereocenters. The van der Waals surface area contributed by atoms with Gasteiger partial charge in [0.1, 0.15) is 5.75 Å². The van der Waals surface area contributed by atoms with Crippen molar-refractivity contribution in [3.8, 4) is 5.75 Å². The van der Waals surface area contributed by atoms with Crippen LogP contribution in [0.2, 0.25) is 0 Å². The third-order valence-electron chi connectivity index (χ3n) is 4.22. The summed E-state index contributed by atoms with van der Waals surface area (Å²) in [6.45, 7) is 1.16. The molecule has 1 saturated heterocycles. The summed E-state index contributed by atoms with van der Waals surface area (Å²) in [6.07, 6.45) is 2.93. The smallest absolute Gasteiger partial charge is 0.319 e. The summed E-state index contributed by atoms with van der Waals surface area (Å²) in [6, 6.07) is 3.76. The predicted octanol–water partition coefficient (Wildman–Crippen LogP) is 1.86. The molecule has 1 heterocycles. The Balaban J connectivity index is 2.10.